The fourth-order valence-corrected chi connectivity index (χ4v) is 4.15. The lowest BCUT2D eigenvalue weighted by atomic mass is 9.94. The lowest BCUT2D eigenvalue weighted by Crippen LogP contribution is -2.36. The van der Waals surface area contributed by atoms with Crippen LogP contribution >= 0.6 is 15.9 Å². The van der Waals surface area contributed by atoms with Crippen molar-refractivity contribution in [2.75, 3.05) is 0 Å². The second kappa shape index (κ2) is 8.09. The van der Waals surface area contributed by atoms with E-state index >= 15 is 0 Å². The zero-order valence-electron chi connectivity index (χ0n) is 15.0. The van der Waals surface area contributed by atoms with E-state index < -0.39 is 11.7 Å². The van der Waals surface area contributed by atoms with Crippen molar-refractivity contribution in [2.45, 2.75) is 57.7 Å². The molecule has 0 radical (unpaired) electrons. The monoisotopic (exact) mass is 443 g/mol. The number of rotatable bonds is 4. The predicted octanol–water partition coefficient (Wildman–Crippen LogP) is 6.35. The predicted molar refractivity (Wildman–Crippen MR) is 101 cm³/mol. The van der Waals surface area contributed by atoms with Gasteiger partial charge in [0.1, 0.15) is 5.76 Å². The van der Waals surface area contributed by atoms with Gasteiger partial charge in [-0.15, -0.1) is 0 Å². The van der Waals surface area contributed by atoms with E-state index in [-0.39, 0.29) is 11.9 Å². The fourth-order valence-electron chi connectivity index (χ4n) is 3.51. The highest BCUT2D eigenvalue weighted by molar-refractivity contribution is 9.10. The van der Waals surface area contributed by atoms with Gasteiger partial charge in [-0.3, -0.25) is 4.79 Å². The molecule has 1 aliphatic rings. The van der Waals surface area contributed by atoms with Crippen LogP contribution < -0.4 is 5.32 Å². The molecule has 1 N–H and O–H groups in total. The Kier molecular flexibility index (Phi) is 5.99. The third-order valence-corrected chi connectivity index (χ3v) is 5.59. The number of halogens is 4. The molecule has 1 aromatic heterocycles. The van der Waals surface area contributed by atoms with Crippen LogP contribution in [0.3, 0.4) is 0 Å². The van der Waals surface area contributed by atoms with Gasteiger partial charge in [0.05, 0.1) is 11.1 Å². The van der Waals surface area contributed by atoms with E-state index in [0.717, 1.165) is 43.4 Å². The van der Waals surface area contributed by atoms with Crippen LogP contribution in [-0.4, -0.2) is 11.9 Å². The molecule has 0 atom stereocenters. The Hall–Kier alpha value is -1.76. The highest BCUT2D eigenvalue weighted by atomic mass is 79.9. The average molecular weight is 444 g/mol. The molecule has 7 heteroatoms. The third kappa shape index (κ3) is 4.39. The maximum atomic E-state index is 13.0. The molecule has 0 saturated heterocycles. The zero-order valence-corrected chi connectivity index (χ0v) is 16.5. The Balaban J connectivity index is 1.94. The van der Waals surface area contributed by atoms with Crippen LogP contribution in [0.5, 0.6) is 0 Å². The second-order valence-electron chi connectivity index (χ2n) is 6.80. The van der Waals surface area contributed by atoms with Crippen LogP contribution in [0, 0.1) is 0 Å². The van der Waals surface area contributed by atoms with Crippen molar-refractivity contribution in [1.29, 1.82) is 0 Å². The van der Waals surface area contributed by atoms with Crippen molar-refractivity contribution in [1.82, 2.24) is 5.32 Å². The second-order valence-corrected chi connectivity index (χ2v) is 7.52. The van der Waals surface area contributed by atoms with Gasteiger partial charge >= 0.3 is 6.18 Å². The van der Waals surface area contributed by atoms with Gasteiger partial charge in [0.2, 0.25) is 0 Å². The lowest BCUT2D eigenvalue weighted by molar-refractivity contribution is -0.137. The van der Waals surface area contributed by atoms with Crippen LogP contribution in [0.25, 0.3) is 11.3 Å². The first-order valence-corrected chi connectivity index (χ1v) is 9.90. The topological polar surface area (TPSA) is 42.2 Å². The van der Waals surface area contributed by atoms with Crippen LogP contribution in [-0.2, 0) is 12.6 Å². The largest absolute Gasteiger partial charge is 0.448 e. The summed E-state index contributed by atoms with van der Waals surface area (Å²) in [6.07, 6.45) is 1.42. The summed E-state index contributed by atoms with van der Waals surface area (Å²) >= 11 is 3.34. The Morgan fingerprint density at radius 3 is 2.37 bits per heavy atom. The zero-order chi connectivity index (χ0) is 19.6. The summed E-state index contributed by atoms with van der Waals surface area (Å²) in [5.41, 5.74) is 0.825. The molecule has 1 aliphatic carbocycles. The number of benzene rings is 1. The molecule has 146 valence electrons. The molecule has 3 rings (SSSR count). The minimum atomic E-state index is -4.40. The van der Waals surface area contributed by atoms with Crippen LogP contribution in [0.1, 0.15) is 60.5 Å². The van der Waals surface area contributed by atoms with Gasteiger partial charge in [0, 0.05) is 17.2 Å². The number of carbonyl (C=O) groups excluding carboxylic acids is 1. The SMILES string of the molecule is CCc1c(Br)oc(-c2ccc(C(F)(F)F)cc2)c1C(=O)NC1CCCCC1. The minimum absolute atomic E-state index is 0.130. The molecule has 2 aromatic rings. The summed E-state index contributed by atoms with van der Waals surface area (Å²) < 4.78 is 44.6. The molecule has 0 aliphatic heterocycles. The highest BCUT2D eigenvalue weighted by Gasteiger charge is 2.31. The number of carbonyl (C=O) groups is 1. The summed E-state index contributed by atoms with van der Waals surface area (Å²) in [6.45, 7) is 1.91. The average Bonchev–Trinajstić information content (AvgIpc) is 2.98. The summed E-state index contributed by atoms with van der Waals surface area (Å²) in [5.74, 6) is 0.0591. The summed E-state index contributed by atoms with van der Waals surface area (Å²) in [5, 5.41) is 3.07. The van der Waals surface area contributed by atoms with Gasteiger partial charge in [-0.05, 0) is 47.3 Å². The van der Waals surface area contributed by atoms with Gasteiger partial charge in [-0.25, -0.2) is 0 Å². The fraction of sp³-hybridized carbons (Fsp3) is 0.450. The van der Waals surface area contributed by atoms with E-state index in [2.05, 4.69) is 21.2 Å². The van der Waals surface area contributed by atoms with Gasteiger partial charge in [0.25, 0.3) is 5.91 Å². The Morgan fingerprint density at radius 2 is 1.81 bits per heavy atom. The lowest BCUT2D eigenvalue weighted by Gasteiger charge is -2.23. The molecule has 1 heterocycles. The molecule has 3 nitrogen and oxygen atoms in total. The molecular weight excluding hydrogens is 423 g/mol. The van der Waals surface area contributed by atoms with Crippen molar-refractivity contribution < 1.29 is 22.4 Å². The molecular formula is C20H21BrF3NO2. The number of hydrogen-bond acceptors (Lipinski definition) is 2. The van der Waals surface area contributed by atoms with Crippen LogP contribution in [0.4, 0.5) is 13.2 Å². The quantitative estimate of drug-likeness (QED) is 0.597. The number of furan rings is 1. The molecule has 1 aromatic carbocycles. The first-order valence-electron chi connectivity index (χ1n) is 9.11. The smallest absolute Gasteiger partial charge is 0.416 e. The van der Waals surface area contributed by atoms with Crippen molar-refractivity contribution in [3.8, 4) is 11.3 Å². The van der Waals surface area contributed by atoms with Gasteiger partial charge in [0.15, 0.2) is 4.67 Å². The number of hydrogen-bond donors (Lipinski definition) is 1. The Bertz CT molecular complexity index is 806. The first-order chi connectivity index (χ1) is 12.8. The van der Waals surface area contributed by atoms with Crippen LogP contribution in [0.15, 0.2) is 33.4 Å². The standard InChI is InChI=1S/C20H21BrF3NO2/c1-2-15-16(19(26)25-14-6-4-3-5-7-14)17(27-18(15)21)12-8-10-13(11-9-12)20(22,23)24/h8-11,14H,2-7H2,1H3,(H,25,26). The van der Waals surface area contributed by atoms with Gasteiger partial charge < -0.3 is 9.73 Å². The molecule has 0 unspecified atom stereocenters. The van der Waals surface area contributed by atoms with E-state index in [9.17, 15) is 18.0 Å². The van der Waals surface area contributed by atoms with Crippen LogP contribution in [0.2, 0.25) is 0 Å². The molecule has 1 amide bonds. The van der Waals surface area contributed by atoms with E-state index in [4.69, 9.17) is 4.42 Å². The molecule has 0 bridgehead atoms. The molecule has 27 heavy (non-hydrogen) atoms. The maximum absolute atomic E-state index is 13.0. The Morgan fingerprint density at radius 1 is 1.19 bits per heavy atom. The van der Waals surface area contributed by atoms with Crippen molar-refractivity contribution in [3.05, 3.63) is 45.6 Å². The van der Waals surface area contributed by atoms with Crippen molar-refractivity contribution in [3.63, 3.8) is 0 Å². The highest BCUT2D eigenvalue weighted by Crippen LogP contribution is 2.37. The molecule has 1 saturated carbocycles. The van der Waals surface area contributed by atoms with Crippen molar-refractivity contribution >= 4 is 21.8 Å². The van der Waals surface area contributed by atoms with Gasteiger partial charge in [-0.2, -0.15) is 13.2 Å². The normalized spacial score (nSPS) is 15.7. The Labute approximate surface area is 164 Å². The number of alkyl halides is 3. The molecule has 1 fully saturated rings. The summed E-state index contributed by atoms with van der Waals surface area (Å²) in [7, 11) is 0. The number of nitrogens with one attached hydrogen (secondary N) is 1. The van der Waals surface area contributed by atoms with Crippen molar-refractivity contribution in [2.24, 2.45) is 0 Å². The summed E-state index contributed by atoms with van der Waals surface area (Å²) in [6, 6.07) is 4.81. The maximum Gasteiger partial charge on any atom is 0.416 e. The van der Waals surface area contributed by atoms with E-state index in [1.165, 1.54) is 18.6 Å². The van der Waals surface area contributed by atoms with E-state index in [1.54, 1.807) is 0 Å². The number of amides is 1. The minimum Gasteiger partial charge on any atom is -0.448 e. The van der Waals surface area contributed by atoms with E-state index in [0.29, 0.717) is 28.0 Å². The molecule has 0 spiro atoms. The first kappa shape index (κ1) is 20.0. The third-order valence-electron chi connectivity index (χ3n) is 4.95. The van der Waals surface area contributed by atoms with E-state index in [1.807, 2.05) is 6.92 Å². The summed E-state index contributed by atoms with van der Waals surface area (Å²) in [4.78, 5) is 13.0. The van der Waals surface area contributed by atoms with Gasteiger partial charge in [-0.1, -0.05) is 38.3 Å².